The molecule has 1 N–H and O–H groups in total. The van der Waals surface area contributed by atoms with Gasteiger partial charge in [0.25, 0.3) is 5.89 Å². The first-order chi connectivity index (χ1) is 9.63. The smallest absolute Gasteiger partial charge is 0.329 e. The summed E-state index contributed by atoms with van der Waals surface area (Å²) in [4.78, 5) is 10.3. The zero-order valence-corrected chi connectivity index (χ0v) is 11.0. The first-order valence-corrected chi connectivity index (χ1v) is 6.00. The summed E-state index contributed by atoms with van der Waals surface area (Å²) < 4.78 is 15.5. The minimum Gasteiger partial charge on any atom is -0.484 e. The molecule has 0 aliphatic rings. The molecular formula is C12H11ClN2O5. The SMILES string of the molecule is O=C(O)COCc1nnc(COc2cccc(Cl)c2)o1. The number of carbonyl (C=O) groups is 1. The average molecular weight is 299 g/mol. The lowest BCUT2D eigenvalue weighted by molar-refractivity contribution is -0.142. The second kappa shape index (κ2) is 6.88. The molecule has 0 bridgehead atoms. The lowest BCUT2D eigenvalue weighted by Gasteiger charge is -2.02. The number of carboxylic acid groups (broad SMARTS) is 1. The van der Waals surface area contributed by atoms with Crippen LogP contribution in [0.2, 0.25) is 5.02 Å². The van der Waals surface area contributed by atoms with Crippen LogP contribution in [0.15, 0.2) is 28.7 Å². The van der Waals surface area contributed by atoms with E-state index in [1.165, 1.54) is 0 Å². The molecule has 0 aliphatic carbocycles. The number of hydrogen-bond acceptors (Lipinski definition) is 6. The molecule has 20 heavy (non-hydrogen) atoms. The average Bonchev–Trinajstić information content (AvgIpc) is 2.84. The maximum absolute atomic E-state index is 10.3. The number of hydrogen-bond donors (Lipinski definition) is 1. The fourth-order valence-corrected chi connectivity index (χ4v) is 1.51. The summed E-state index contributed by atoms with van der Waals surface area (Å²) in [5.41, 5.74) is 0. The molecule has 0 unspecified atom stereocenters. The summed E-state index contributed by atoms with van der Waals surface area (Å²) in [6, 6.07) is 6.91. The van der Waals surface area contributed by atoms with Crippen LogP contribution in [0.5, 0.6) is 5.75 Å². The fraction of sp³-hybridized carbons (Fsp3) is 0.250. The molecule has 0 fully saturated rings. The Hall–Kier alpha value is -2.12. The molecule has 2 aromatic rings. The number of aliphatic carboxylic acids is 1. The summed E-state index contributed by atoms with van der Waals surface area (Å²) in [5, 5.41) is 16.4. The van der Waals surface area contributed by atoms with Gasteiger partial charge in [-0.1, -0.05) is 17.7 Å². The van der Waals surface area contributed by atoms with Crippen LogP contribution < -0.4 is 4.74 Å². The second-order valence-corrected chi connectivity index (χ2v) is 4.16. The molecule has 106 valence electrons. The maximum Gasteiger partial charge on any atom is 0.329 e. The Bertz CT molecular complexity index is 587. The van der Waals surface area contributed by atoms with Gasteiger partial charge >= 0.3 is 5.97 Å². The van der Waals surface area contributed by atoms with Crippen molar-refractivity contribution in [2.45, 2.75) is 13.2 Å². The fourth-order valence-electron chi connectivity index (χ4n) is 1.33. The van der Waals surface area contributed by atoms with Crippen LogP contribution in [0.1, 0.15) is 11.8 Å². The topological polar surface area (TPSA) is 94.7 Å². The molecule has 0 atom stereocenters. The van der Waals surface area contributed by atoms with Crippen LogP contribution in [0.4, 0.5) is 0 Å². The Morgan fingerprint density at radius 1 is 1.30 bits per heavy atom. The third-order valence-electron chi connectivity index (χ3n) is 2.12. The predicted molar refractivity (Wildman–Crippen MR) is 67.4 cm³/mol. The van der Waals surface area contributed by atoms with E-state index in [0.717, 1.165) is 0 Å². The zero-order chi connectivity index (χ0) is 14.4. The van der Waals surface area contributed by atoms with Crippen LogP contribution in [0, 0.1) is 0 Å². The number of carboxylic acids is 1. The van der Waals surface area contributed by atoms with E-state index in [-0.39, 0.29) is 25.0 Å². The van der Waals surface area contributed by atoms with Gasteiger partial charge in [0.1, 0.15) is 19.0 Å². The van der Waals surface area contributed by atoms with Crippen LogP contribution >= 0.6 is 11.6 Å². The minimum atomic E-state index is -1.06. The molecule has 2 rings (SSSR count). The lowest BCUT2D eigenvalue weighted by atomic mass is 10.3. The number of benzene rings is 1. The zero-order valence-electron chi connectivity index (χ0n) is 10.3. The summed E-state index contributed by atoms with van der Waals surface area (Å²) in [5.74, 6) is -0.0248. The number of aromatic nitrogens is 2. The Balaban J connectivity index is 1.82. The molecular weight excluding hydrogens is 288 g/mol. The highest BCUT2D eigenvalue weighted by Crippen LogP contribution is 2.18. The van der Waals surface area contributed by atoms with Crippen molar-refractivity contribution < 1.29 is 23.8 Å². The highest BCUT2D eigenvalue weighted by atomic mass is 35.5. The van der Waals surface area contributed by atoms with Gasteiger partial charge in [-0.15, -0.1) is 10.2 Å². The number of ether oxygens (including phenoxy) is 2. The van der Waals surface area contributed by atoms with E-state index in [0.29, 0.717) is 10.8 Å². The summed E-state index contributed by atoms with van der Waals surface area (Å²) in [6.45, 7) is -0.389. The molecule has 0 radical (unpaired) electrons. The van der Waals surface area contributed by atoms with Crippen LogP contribution in [0.3, 0.4) is 0 Å². The van der Waals surface area contributed by atoms with Crippen molar-refractivity contribution in [2.75, 3.05) is 6.61 Å². The predicted octanol–water partition coefficient (Wildman–Crippen LogP) is 1.90. The Labute approximate surface area is 119 Å². The van der Waals surface area contributed by atoms with Crippen LogP contribution in [-0.2, 0) is 22.7 Å². The molecule has 1 heterocycles. The third kappa shape index (κ3) is 4.52. The van der Waals surface area contributed by atoms with Gasteiger partial charge in [0.2, 0.25) is 5.89 Å². The quantitative estimate of drug-likeness (QED) is 0.834. The van der Waals surface area contributed by atoms with Gasteiger partial charge in [0, 0.05) is 5.02 Å². The Morgan fingerprint density at radius 3 is 2.75 bits per heavy atom. The highest BCUT2D eigenvalue weighted by molar-refractivity contribution is 6.30. The Morgan fingerprint density at radius 2 is 2.05 bits per heavy atom. The number of halogens is 1. The van der Waals surface area contributed by atoms with Crippen molar-refractivity contribution in [3.8, 4) is 5.75 Å². The molecule has 1 aromatic heterocycles. The van der Waals surface area contributed by atoms with E-state index < -0.39 is 12.6 Å². The van der Waals surface area contributed by atoms with Gasteiger partial charge in [-0.3, -0.25) is 0 Å². The number of nitrogens with zero attached hydrogens (tertiary/aromatic N) is 2. The molecule has 8 heteroatoms. The molecule has 7 nitrogen and oxygen atoms in total. The van der Waals surface area contributed by atoms with Gasteiger partial charge in [-0.05, 0) is 18.2 Å². The van der Waals surface area contributed by atoms with Gasteiger partial charge in [0.05, 0.1) is 0 Å². The van der Waals surface area contributed by atoms with E-state index >= 15 is 0 Å². The van der Waals surface area contributed by atoms with Crippen molar-refractivity contribution in [1.82, 2.24) is 10.2 Å². The summed E-state index contributed by atoms with van der Waals surface area (Å²) >= 11 is 5.82. The van der Waals surface area contributed by atoms with E-state index in [1.54, 1.807) is 24.3 Å². The van der Waals surface area contributed by atoms with E-state index in [4.69, 9.17) is 30.6 Å². The molecule has 0 amide bonds. The van der Waals surface area contributed by atoms with Crippen molar-refractivity contribution >= 4 is 17.6 Å². The molecule has 0 saturated carbocycles. The molecule has 0 spiro atoms. The monoisotopic (exact) mass is 298 g/mol. The van der Waals surface area contributed by atoms with Crippen molar-refractivity contribution in [3.63, 3.8) is 0 Å². The molecule has 0 saturated heterocycles. The van der Waals surface area contributed by atoms with Gasteiger partial charge < -0.3 is 19.0 Å². The van der Waals surface area contributed by atoms with Gasteiger partial charge in [0.15, 0.2) is 6.61 Å². The first kappa shape index (κ1) is 14.3. The van der Waals surface area contributed by atoms with Crippen molar-refractivity contribution in [3.05, 3.63) is 41.1 Å². The van der Waals surface area contributed by atoms with Gasteiger partial charge in [-0.2, -0.15) is 0 Å². The summed E-state index contributed by atoms with van der Waals surface area (Å²) in [6.07, 6.45) is 0. The third-order valence-corrected chi connectivity index (χ3v) is 2.35. The lowest BCUT2D eigenvalue weighted by Crippen LogP contribution is -2.06. The van der Waals surface area contributed by atoms with Gasteiger partial charge in [-0.25, -0.2) is 4.79 Å². The largest absolute Gasteiger partial charge is 0.484 e. The van der Waals surface area contributed by atoms with Crippen molar-refractivity contribution in [1.29, 1.82) is 0 Å². The molecule has 1 aromatic carbocycles. The van der Waals surface area contributed by atoms with E-state index in [9.17, 15) is 4.79 Å². The van der Waals surface area contributed by atoms with E-state index in [1.807, 2.05) is 0 Å². The normalized spacial score (nSPS) is 10.4. The number of rotatable bonds is 7. The Kier molecular flexibility index (Phi) is 4.91. The highest BCUT2D eigenvalue weighted by Gasteiger charge is 2.08. The van der Waals surface area contributed by atoms with Crippen LogP contribution in [-0.4, -0.2) is 27.9 Å². The van der Waals surface area contributed by atoms with Crippen molar-refractivity contribution in [2.24, 2.45) is 0 Å². The standard InChI is InChI=1S/C12H11ClN2O5/c13-8-2-1-3-9(4-8)19-6-11-15-14-10(20-11)5-18-7-12(16)17/h1-4H,5-7H2,(H,16,17). The minimum absolute atomic E-state index is 0.0591. The summed E-state index contributed by atoms with van der Waals surface area (Å²) in [7, 11) is 0. The first-order valence-electron chi connectivity index (χ1n) is 5.62. The maximum atomic E-state index is 10.3. The van der Waals surface area contributed by atoms with E-state index in [2.05, 4.69) is 10.2 Å². The van der Waals surface area contributed by atoms with Crippen LogP contribution in [0.25, 0.3) is 0 Å². The second-order valence-electron chi connectivity index (χ2n) is 3.72. The molecule has 0 aliphatic heterocycles.